The number of hydrogen-bond acceptors (Lipinski definition) is 3. The molecule has 4 nitrogen and oxygen atoms in total. The molecule has 176 valence electrons. The molecule has 2 aromatic carbocycles. The summed E-state index contributed by atoms with van der Waals surface area (Å²) in [5, 5.41) is 5.42. The van der Waals surface area contributed by atoms with Crippen molar-refractivity contribution in [2.45, 2.75) is 65.5 Å². The molecule has 0 bridgehead atoms. The number of carbonyl (C=O) groups excluding carboxylic acids is 1. The molecule has 2 aromatic rings. The van der Waals surface area contributed by atoms with E-state index in [2.05, 4.69) is 86.6 Å². The minimum absolute atomic E-state index is 0.0675. The van der Waals surface area contributed by atoms with Gasteiger partial charge in [0.05, 0.1) is 0 Å². The Hall–Kier alpha value is -1.52. The first-order valence-electron chi connectivity index (χ1n) is 11.8. The van der Waals surface area contributed by atoms with Crippen molar-refractivity contribution >= 4 is 41.5 Å². The second-order valence-corrected chi connectivity index (χ2v) is 22.4. The van der Waals surface area contributed by atoms with Gasteiger partial charge in [-0.3, -0.25) is 4.79 Å². The lowest BCUT2D eigenvalue weighted by Gasteiger charge is -2.42. The number of hydrogen-bond donors (Lipinski definition) is 1. The quantitative estimate of drug-likeness (QED) is 0.343. The molecule has 0 spiro atoms. The molecule has 7 heteroatoms. The zero-order valence-corrected chi connectivity index (χ0v) is 23.9. The standard InChI is InChI=1S/C25H41NO3Si3/c1-8-22(2)25(27)26-20-15-21-31(6,7)29-32(28-30(3,4)5,23-16-11-9-12-17-23)24-18-13-10-14-19-24/h9-14,16-19,22H,8,15,20-21H2,1-7H3,(H,26,27). The highest BCUT2D eigenvalue weighted by atomic mass is 28.5. The van der Waals surface area contributed by atoms with E-state index in [0.29, 0.717) is 6.54 Å². The SMILES string of the molecule is CCC(C)C(=O)NCCC[Si](C)(C)O[Si](O[Si](C)(C)C)(c1ccccc1)c1ccccc1. The summed E-state index contributed by atoms with van der Waals surface area (Å²) >= 11 is 0. The third-order valence-corrected chi connectivity index (χ3v) is 16.2. The van der Waals surface area contributed by atoms with Crippen LogP contribution in [0.25, 0.3) is 0 Å². The van der Waals surface area contributed by atoms with Crippen LogP contribution in [0.1, 0.15) is 26.7 Å². The lowest BCUT2D eigenvalue weighted by Crippen LogP contribution is -2.70. The summed E-state index contributed by atoms with van der Waals surface area (Å²) in [4.78, 5) is 12.1. The Morgan fingerprint density at radius 3 is 1.81 bits per heavy atom. The van der Waals surface area contributed by atoms with Crippen molar-refractivity contribution < 1.29 is 13.0 Å². The van der Waals surface area contributed by atoms with Gasteiger partial charge in [-0.2, -0.15) is 0 Å². The van der Waals surface area contributed by atoms with E-state index in [1.54, 1.807) is 0 Å². The van der Waals surface area contributed by atoms with Gasteiger partial charge in [-0.05, 0) is 62.0 Å². The van der Waals surface area contributed by atoms with Gasteiger partial charge in [0.2, 0.25) is 5.91 Å². The fourth-order valence-electron chi connectivity index (χ4n) is 3.69. The Bertz CT molecular complexity index is 799. The number of rotatable bonds is 12. The Kier molecular flexibility index (Phi) is 9.66. The topological polar surface area (TPSA) is 47.6 Å². The summed E-state index contributed by atoms with van der Waals surface area (Å²) in [6.07, 6.45) is 1.79. The molecular weight excluding hydrogens is 447 g/mol. The van der Waals surface area contributed by atoms with Gasteiger partial charge in [-0.15, -0.1) is 0 Å². The lowest BCUT2D eigenvalue weighted by molar-refractivity contribution is -0.124. The summed E-state index contributed by atoms with van der Waals surface area (Å²) in [6, 6.07) is 22.0. The second-order valence-electron chi connectivity index (χ2n) is 10.1. The van der Waals surface area contributed by atoms with E-state index in [9.17, 15) is 4.79 Å². The highest BCUT2D eigenvalue weighted by Gasteiger charge is 2.49. The van der Waals surface area contributed by atoms with E-state index in [4.69, 9.17) is 8.23 Å². The van der Waals surface area contributed by atoms with Crippen LogP contribution in [0, 0.1) is 5.92 Å². The van der Waals surface area contributed by atoms with Crippen LogP contribution in [0.5, 0.6) is 0 Å². The molecule has 0 aromatic heterocycles. The average Bonchev–Trinajstić information content (AvgIpc) is 2.75. The predicted octanol–water partition coefficient (Wildman–Crippen LogP) is 4.87. The molecule has 0 aliphatic carbocycles. The maximum absolute atomic E-state index is 12.1. The Balaban J connectivity index is 2.30. The van der Waals surface area contributed by atoms with Crippen LogP contribution in [0.3, 0.4) is 0 Å². The van der Waals surface area contributed by atoms with E-state index in [1.165, 1.54) is 10.4 Å². The van der Waals surface area contributed by atoms with Gasteiger partial charge in [-0.1, -0.05) is 74.5 Å². The molecule has 0 saturated carbocycles. The predicted molar refractivity (Wildman–Crippen MR) is 143 cm³/mol. The van der Waals surface area contributed by atoms with E-state index < -0.39 is 25.2 Å². The molecule has 1 unspecified atom stereocenters. The van der Waals surface area contributed by atoms with Crippen LogP contribution in [-0.4, -0.2) is 37.6 Å². The van der Waals surface area contributed by atoms with Gasteiger partial charge in [0.15, 0.2) is 16.6 Å². The van der Waals surface area contributed by atoms with Crippen molar-refractivity contribution in [3.8, 4) is 0 Å². The smallest absolute Gasteiger partial charge is 0.386 e. The summed E-state index contributed by atoms with van der Waals surface area (Å²) in [5.74, 6) is 0.213. The van der Waals surface area contributed by atoms with Gasteiger partial charge >= 0.3 is 8.56 Å². The van der Waals surface area contributed by atoms with Crippen LogP contribution < -0.4 is 15.7 Å². The van der Waals surface area contributed by atoms with E-state index >= 15 is 0 Å². The van der Waals surface area contributed by atoms with E-state index in [0.717, 1.165) is 18.9 Å². The van der Waals surface area contributed by atoms with Crippen molar-refractivity contribution in [3.63, 3.8) is 0 Å². The van der Waals surface area contributed by atoms with Gasteiger partial charge < -0.3 is 13.5 Å². The first kappa shape index (κ1) is 26.7. The van der Waals surface area contributed by atoms with Gasteiger partial charge in [0, 0.05) is 12.5 Å². The summed E-state index contributed by atoms with van der Waals surface area (Å²) in [5.41, 5.74) is 0. The first-order valence-corrected chi connectivity index (χ1v) is 20.1. The molecule has 1 N–H and O–H groups in total. The molecule has 0 saturated heterocycles. The third-order valence-electron chi connectivity index (χ3n) is 5.49. The highest BCUT2D eigenvalue weighted by Crippen LogP contribution is 2.24. The monoisotopic (exact) mass is 487 g/mol. The maximum Gasteiger partial charge on any atom is 0.386 e. The van der Waals surface area contributed by atoms with E-state index in [1.807, 2.05) is 26.0 Å². The van der Waals surface area contributed by atoms with Crippen LogP contribution in [0.15, 0.2) is 60.7 Å². The molecule has 2 rings (SSSR count). The number of carbonyl (C=O) groups is 1. The third kappa shape index (κ3) is 7.81. The average molecular weight is 488 g/mol. The highest BCUT2D eigenvalue weighted by molar-refractivity contribution is 7.02. The van der Waals surface area contributed by atoms with Gasteiger partial charge in [0.25, 0.3) is 0 Å². The second kappa shape index (κ2) is 11.6. The molecular formula is C25H41NO3Si3. The molecule has 0 heterocycles. The Labute approximate surface area is 198 Å². The summed E-state index contributed by atoms with van der Waals surface area (Å²) < 4.78 is 14.3. The molecule has 0 radical (unpaired) electrons. The van der Waals surface area contributed by atoms with Crippen molar-refractivity contribution in [2.75, 3.05) is 6.54 Å². The first-order chi connectivity index (χ1) is 15.0. The number of nitrogens with one attached hydrogen (secondary N) is 1. The minimum atomic E-state index is -2.89. The zero-order chi connectivity index (χ0) is 23.8. The van der Waals surface area contributed by atoms with Crippen LogP contribution in [0.4, 0.5) is 0 Å². The molecule has 1 atom stereocenters. The van der Waals surface area contributed by atoms with Crippen molar-refractivity contribution in [3.05, 3.63) is 60.7 Å². The summed E-state index contributed by atoms with van der Waals surface area (Å²) in [7, 11) is -6.92. The van der Waals surface area contributed by atoms with Crippen LogP contribution in [-0.2, 0) is 13.0 Å². The molecule has 32 heavy (non-hydrogen) atoms. The minimum Gasteiger partial charge on any atom is -0.430 e. The molecule has 0 fully saturated rings. The van der Waals surface area contributed by atoms with Gasteiger partial charge in [-0.25, -0.2) is 0 Å². The largest absolute Gasteiger partial charge is 0.430 e. The van der Waals surface area contributed by atoms with Crippen LogP contribution >= 0.6 is 0 Å². The maximum atomic E-state index is 12.1. The molecule has 0 aliphatic rings. The Morgan fingerprint density at radius 2 is 1.38 bits per heavy atom. The molecule has 1 amide bonds. The van der Waals surface area contributed by atoms with E-state index in [-0.39, 0.29) is 11.8 Å². The Morgan fingerprint density at radius 1 is 0.875 bits per heavy atom. The zero-order valence-electron chi connectivity index (χ0n) is 20.9. The fourth-order valence-corrected chi connectivity index (χ4v) is 15.7. The summed E-state index contributed by atoms with van der Waals surface area (Å²) in [6.45, 7) is 16.0. The number of amides is 1. The normalized spacial score (nSPS) is 13.6. The fraction of sp³-hybridized carbons (Fsp3) is 0.480. The molecule has 0 aliphatic heterocycles. The van der Waals surface area contributed by atoms with Crippen LogP contribution in [0.2, 0.25) is 38.8 Å². The van der Waals surface area contributed by atoms with Crippen molar-refractivity contribution in [1.29, 1.82) is 0 Å². The lowest BCUT2D eigenvalue weighted by atomic mass is 10.1. The van der Waals surface area contributed by atoms with Gasteiger partial charge in [0.1, 0.15) is 0 Å². The number of benzene rings is 2. The van der Waals surface area contributed by atoms with Crippen molar-refractivity contribution in [1.82, 2.24) is 5.32 Å². The van der Waals surface area contributed by atoms with Crippen molar-refractivity contribution in [2.24, 2.45) is 5.92 Å².